The number of anilines is 1. The van der Waals surface area contributed by atoms with E-state index in [-0.39, 0.29) is 32.7 Å². The molecule has 4 aromatic carbocycles. The predicted molar refractivity (Wildman–Crippen MR) is 180 cm³/mol. The molecule has 2 fully saturated rings. The lowest BCUT2D eigenvalue weighted by molar-refractivity contribution is -0.119. The first-order valence-corrected chi connectivity index (χ1v) is 18.0. The molecular formula is C37H31ClF6N2O5S. The number of benzene rings is 4. The van der Waals surface area contributed by atoms with Gasteiger partial charge in [-0.25, -0.2) is 39.6 Å². The number of carboxylic acids is 1. The molecule has 1 N–H and O–H groups in total. The van der Waals surface area contributed by atoms with Crippen LogP contribution in [0, 0.1) is 48.8 Å². The van der Waals surface area contributed by atoms with Crippen LogP contribution in [0.3, 0.4) is 0 Å². The van der Waals surface area contributed by atoms with Crippen LogP contribution in [0.5, 0.6) is 0 Å². The highest BCUT2D eigenvalue weighted by molar-refractivity contribution is 7.89. The highest BCUT2D eigenvalue weighted by atomic mass is 35.5. The van der Waals surface area contributed by atoms with E-state index in [4.69, 9.17) is 11.6 Å². The number of sulfonamides is 1. The van der Waals surface area contributed by atoms with Crippen LogP contribution in [0.1, 0.15) is 81.3 Å². The van der Waals surface area contributed by atoms with Gasteiger partial charge in [-0.3, -0.25) is 4.79 Å². The number of carbonyl (C=O) groups is 2. The standard InChI is InChI=1S/C37H31ClF6N2O5S/c1-18-9-26(37(48)49)10-19(2)35(18)46(15-20-11-24(21-3-4-21)13-25(12-20)22-5-6-22)29(47)17-45(16-23-7-8-27(39)14-28(23)38)52(50,51)36-33(43)31(41)30(40)32(42)34(36)44/h7-14,21-22H,3-6,15-17H2,1-2H3,(H,48,49). The minimum Gasteiger partial charge on any atom is -0.478 e. The average Bonchev–Trinajstić information content (AvgIpc) is 4.00. The summed E-state index contributed by atoms with van der Waals surface area (Å²) in [4.78, 5) is 25.4. The molecule has 2 aliphatic carbocycles. The van der Waals surface area contributed by atoms with Gasteiger partial charge in [0.2, 0.25) is 21.7 Å². The maximum absolute atomic E-state index is 15.1. The number of aromatic carboxylic acids is 1. The summed E-state index contributed by atoms with van der Waals surface area (Å²) >= 11 is 6.16. The predicted octanol–water partition coefficient (Wildman–Crippen LogP) is 8.67. The van der Waals surface area contributed by atoms with E-state index in [1.54, 1.807) is 13.8 Å². The monoisotopic (exact) mass is 764 g/mol. The zero-order chi connectivity index (χ0) is 37.8. The van der Waals surface area contributed by atoms with Crippen LogP contribution in [-0.2, 0) is 27.9 Å². The molecule has 2 saturated carbocycles. The van der Waals surface area contributed by atoms with Crippen LogP contribution in [0.2, 0.25) is 5.02 Å². The Labute approximate surface area is 300 Å². The van der Waals surface area contributed by atoms with Crippen molar-refractivity contribution in [3.8, 4) is 0 Å². The third-order valence-corrected chi connectivity index (χ3v) is 11.4. The number of hydrogen-bond acceptors (Lipinski definition) is 4. The second-order valence-electron chi connectivity index (χ2n) is 13.2. The highest BCUT2D eigenvalue weighted by Gasteiger charge is 2.39. The van der Waals surface area contributed by atoms with Gasteiger partial charge < -0.3 is 10.0 Å². The average molecular weight is 765 g/mol. The molecule has 6 rings (SSSR count). The minimum atomic E-state index is -5.73. The van der Waals surface area contributed by atoms with Crippen molar-refractivity contribution in [1.29, 1.82) is 0 Å². The van der Waals surface area contributed by atoms with Crippen molar-refractivity contribution in [1.82, 2.24) is 4.31 Å². The number of hydrogen-bond donors (Lipinski definition) is 1. The van der Waals surface area contributed by atoms with Gasteiger partial charge in [0.1, 0.15) is 5.82 Å². The minimum absolute atomic E-state index is 0.0839. The number of carbonyl (C=O) groups excluding carboxylic acids is 1. The second-order valence-corrected chi connectivity index (χ2v) is 15.5. The van der Waals surface area contributed by atoms with Crippen LogP contribution < -0.4 is 4.90 Å². The maximum Gasteiger partial charge on any atom is 0.335 e. The SMILES string of the molecule is Cc1cc(C(=O)O)cc(C)c1N(Cc1cc(C2CC2)cc(C2CC2)c1)C(=O)CN(Cc1ccc(F)cc1Cl)S(=O)(=O)c1c(F)c(F)c(F)c(F)c1F. The smallest absolute Gasteiger partial charge is 0.335 e. The summed E-state index contributed by atoms with van der Waals surface area (Å²) in [6, 6.07) is 11.4. The molecule has 15 heteroatoms. The molecule has 52 heavy (non-hydrogen) atoms. The van der Waals surface area contributed by atoms with E-state index in [1.807, 2.05) is 12.1 Å². The Kier molecular flexibility index (Phi) is 10.2. The summed E-state index contributed by atoms with van der Waals surface area (Å²) in [6.07, 6.45) is 3.95. The Morgan fingerprint density at radius 2 is 1.29 bits per heavy atom. The number of amides is 1. The molecule has 0 saturated heterocycles. The van der Waals surface area contributed by atoms with E-state index in [1.165, 1.54) is 17.0 Å². The molecule has 7 nitrogen and oxygen atoms in total. The number of nitrogens with zero attached hydrogens (tertiary/aromatic N) is 2. The number of rotatable bonds is 12. The Morgan fingerprint density at radius 3 is 1.77 bits per heavy atom. The van der Waals surface area contributed by atoms with Gasteiger partial charge in [-0.15, -0.1) is 0 Å². The summed E-state index contributed by atoms with van der Waals surface area (Å²) in [5.41, 5.74) is 3.44. The molecule has 0 heterocycles. The van der Waals surface area contributed by atoms with E-state index in [2.05, 4.69) is 6.07 Å². The van der Waals surface area contributed by atoms with Crippen LogP contribution >= 0.6 is 11.6 Å². The van der Waals surface area contributed by atoms with E-state index < -0.39 is 74.8 Å². The lowest BCUT2D eigenvalue weighted by Gasteiger charge is -2.30. The summed E-state index contributed by atoms with van der Waals surface area (Å²) in [7, 11) is -5.73. The van der Waals surface area contributed by atoms with Crippen molar-refractivity contribution in [3.63, 3.8) is 0 Å². The first-order chi connectivity index (χ1) is 24.5. The zero-order valence-corrected chi connectivity index (χ0v) is 29.3. The summed E-state index contributed by atoms with van der Waals surface area (Å²) in [5.74, 6) is -15.3. The molecule has 0 aliphatic heterocycles. The number of halogens is 7. The van der Waals surface area contributed by atoms with Gasteiger partial charge in [-0.2, -0.15) is 4.31 Å². The topological polar surface area (TPSA) is 95.0 Å². The molecule has 2 aliphatic rings. The first kappa shape index (κ1) is 37.4. The molecule has 0 radical (unpaired) electrons. The Hall–Kier alpha value is -4.40. The maximum atomic E-state index is 15.1. The molecule has 274 valence electrons. The second kappa shape index (κ2) is 14.2. The Morgan fingerprint density at radius 1 is 0.769 bits per heavy atom. The fourth-order valence-electron chi connectivity index (χ4n) is 6.36. The van der Waals surface area contributed by atoms with Gasteiger partial charge in [0, 0.05) is 17.3 Å². The van der Waals surface area contributed by atoms with Crippen molar-refractivity contribution in [3.05, 3.63) is 127 Å². The quantitative estimate of drug-likeness (QED) is 0.0886. The van der Waals surface area contributed by atoms with E-state index in [0.717, 1.165) is 55.0 Å². The van der Waals surface area contributed by atoms with E-state index >= 15 is 8.78 Å². The van der Waals surface area contributed by atoms with Crippen molar-refractivity contribution in [2.75, 3.05) is 11.4 Å². The van der Waals surface area contributed by atoms with Crippen molar-refractivity contribution >= 4 is 39.2 Å². The molecule has 0 unspecified atom stereocenters. The van der Waals surface area contributed by atoms with Crippen molar-refractivity contribution in [2.45, 2.75) is 69.4 Å². The molecule has 0 bridgehead atoms. The van der Waals surface area contributed by atoms with Gasteiger partial charge in [0.25, 0.3) is 0 Å². The van der Waals surface area contributed by atoms with Crippen LogP contribution in [-0.4, -0.2) is 36.3 Å². The first-order valence-electron chi connectivity index (χ1n) is 16.2. The van der Waals surface area contributed by atoms with Crippen LogP contribution in [0.15, 0.2) is 53.4 Å². The Balaban J connectivity index is 1.48. The van der Waals surface area contributed by atoms with Gasteiger partial charge in [-0.1, -0.05) is 35.9 Å². The van der Waals surface area contributed by atoms with Gasteiger partial charge in [0.15, 0.2) is 28.2 Å². The van der Waals surface area contributed by atoms with E-state index in [0.29, 0.717) is 28.5 Å². The molecular weight excluding hydrogens is 734 g/mol. The third-order valence-electron chi connectivity index (χ3n) is 9.23. The number of aryl methyl sites for hydroxylation is 2. The van der Waals surface area contributed by atoms with E-state index in [9.17, 15) is 40.7 Å². The largest absolute Gasteiger partial charge is 0.478 e. The fourth-order valence-corrected chi connectivity index (χ4v) is 8.07. The lowest BCUT2D eigenvalue weighted by Crippen LogP contribution is -2.43. The molecule has 1 amide bonds. The summed E-state index contributed by atoms with van der Waals surface area (Å²) in [6.45, 7) is 0.785. The van der Waals surface area contributed by atoms with Crippen molar-refractivity contribution in [2.24, 2.45) is 0 Å². The summed E-state index contributed by atoms with van der Waals surface area (Å²) in [5, 5.41) is 9.31. The third kappa shape index (κ3) is 7.42. The summed E-state index contributed by atoms with van der Waals surface area (Å²) < 4.78 is 115. The highest BCUT2D eigenvalue weighted by Crippen LogP contribution is 2.45. The van der Waals surface area contributed by atoms with Gasteiger partial charge >= 0.3 is 5.97 Å². The molecule has 0 atom stereocenters. The van der Waals surface area contributed by atoms with Gasteiger partial charge in [0.05, 0.1) is 18.7 Å². The zero-order valence-electron chi connectivity index (χ0n) is 27.8. The lowest BCUT2D eigenvalue weighted by atomic mass is 9.98. The van der Waals surface area contributed by atoms with Crippen molar-refractivity contribution < 1.29 is 49.5 Å². The Bertz CT molecular complexity index is 2160. The normalized spacial score (nSPS) is 14.6. The van der Waals surface area contributed by atoms with Gasteiger partial charge in [-0.05, 0) is 109 Å². The molecule has 4 aromatic rings. The fraction of sp³-hybridized carbons (Fsp3) is 0.297. The molecule has 0 spiro atoms. The molecule has 0 aromatic heterocycles. The van der Waals surface area contributed by atoms with Crippen LogP contribution in [0.4, 0.5) is 32.0 Å². The van der Waals surface area contributed by atoms with Crippen LogP contribution in [0.25, 0.3) is 0 Å². The number of carboxylic acid groups (broad SMARTS) is 1.